The highest BCUT2D eigenvalue weighted by molar-refractivity contribution is 5.78. The Hall–Kier alpha value is -1.35. The molecule has 2 unspecified atom stereocenters. The zero-order valence-corrected chi connectivity index (χ0v) is 10.6. The lowest BCUT2D eigenvalue weighted by atomic mass is 9.88. The van der Waals surface area contributed by atoms with Crippen LogP contribution in [0.2, 0.25) is 0 Å². The van der Waals surface area contributed by atoms with Gasteiger partial charge in [-0.1, -0.05) is 24.3 Å². The Morgan fingerprint density at radius 2 is 2.00 bits per heavy atom. The van der Waals surface area contributed by atoms with Crippen LogP contribution in [0.25, 0.3) is 0 Å². The second-order valence-corrected chi connectivity index (χ2v) is 5.42. The molecule has 1 aromatic rings. The number of fused-ring (bicyclic) bond motifs is 1. The van der Waals surface area contributed by atoms with Crippen molar-refractivity contribution < 1.29 is 4.79 Å². The molecule has 18 heavy (non-hydrogen) atoms. The lowest BCUT2D eigenvalue weighted by Crippen LogP contribution is -2.42. The van der Waals surface area contributed by atoms with Crippen molar-refractivity contribution >= 4 is 5.91 Å². The fraction of sp³-hybridized carbons (Fsp3) is 0.533. The fourth-order valence-corrected chi connectivity index (χ4v) is 3.01. The summed E-state index contributed by atoms with van der Waals surface area (Å²) in [6.07, 6.45) is 5.17. The largest absolute Gasteiger partial charge is 0.352 e. The van der Waals surface area contributed by atoms with E-state index in [2.05, 4.69) is 34.9 Å². The summed E-state index contributed by atoms with van der Waals surface area (Å²) in [5.74, 6) is 0.204. The third-order valence-electron chi connectivity index (χ3n) is 4.08. The molecule has 1 fully saturated rings. The molecule has 1 amide bonds. The van der Waals surface area contributed by atoms with Crippen molar-refractivity contribution in [2.45, 2.75) is 44.2 Å². The smallest absolute Gasteiger partial charge is 0.220 e. The van der Waals surface area contributed by atoms with E-state index in [1.165, 1.54) is 24.0 Å². The first-order chi connectivity index (χ1) is 8.81. The van der Waals surface area contributed by atoms with Crippen LogP contribution in [-0.4, -0.2) is 24.5 Å². The average Bonchev–Trinajstić information content (AvgIpc) is 2.82. The van der Waals surface area contributed by atoms with E-state index in [1.807, 2.05) is 0 Å². The topological polar surface area (TPSA) is 41.1 Å². The van der Waals surface area contributed by atoms with E-state index < -0.39 is 0 Å². The van der Waals surface area contributed by atoms with Gasteiger partial charge >= 0.3 is 0 Å². The minimum Gasteiger partial charge on any atom is -0.352 e. The monoisotopic (exact) mass is 244 g/mol. The van der Waals surface area contributed by atoms with E-state index in [0.717, 1.165) is 19.4 Å². The molecular formula is C15H20N2O. The third-order valence-corrected chi connectivity index (χ3v) is 4.08. The summed E-state index contributed by atoms with van der Waals surface area (Å²) < 4.78 is 0. The van der Waals surface area contributed by atoms with Gasteiger partial charge in [0, 0.05) is 25.0 Å². The lowest BCUT2D eigenvalue weighted by molar-refractivity contribution is -0.119. The molecule has 0 saturated carbocycles. The molecule has 1 aliphatic carbocycles. The lowest BCUT2D eigenvalue weighted by Gasteiger charge is -2.26. The van der Waals surface area contributed by atoms with E-state index in [1.54, 1.807) is 0 Å². The normalized spacial score (nSPS) is 26.8. The van der Waals surface area contributed by atoms with Gasteiger partial charge in [-0.05, 0) is 36.8 Å². The Morgan fingerprint density at radius 3 is 2.78 bits per heavy atom. The highest BCUT2D eigenvalue weighted by atomic mass is 16.1. The van der Waals surface area contributed by atoms with Gasteiger partial charge in [0.2, 0.25) is 5.91 Å². The molecule has 3 heteroatoms. The van der Waals surface area contributed by atoms with Crippen LogP contribution in [0.1, 0.15) is 30.4 Å². The van der Waals surface area contributed by atoms with E-state index in [4.69, 9.17) is 0 Å². The first-order valence-corrected chi connectivity index (χ1v) is 6.91. The minimum absolute atomic E-state index is 0.204. The average molecular weight is 244 g/mol. The molecule has 1 heterocycles. The molecule has 0 bridgehead atoms. The van der Waals surface area contributed by atoms with Gasteiger partial charge in [-0.15, -0.1) is 0 Å². The summed E-state index contributed by atoms with van der Waals surface area (Å²) in [4.78, 5) is 11.1. The van der Waals surface area contributed by atoms with Crippen LogP contribution in [-0.2, 0) is 17.6 Å². The molecule has 96 valence electrons. The molecule has 1 saturated heterocycles. The summed E-state index contributed by atoms with van der Waals surface area (Å²) in [6.45, 7) is 0.915. The molecule has 2 atom stereocenters. The third kappa shape index (κ3) is 2.56. The number of aryl methyl sites for hydroxylation is 1. The Labute approximate surface area is 108 Å². The molecule has 0 spiro atoms. The minimum atomic E-state index is 0.204. The van der Waals surface area contributed by atoms with Crippen molar-refractivity contribution in [2.75, 3.05) is 6.54 Å². The summed E-state index contributed by atoms with van der Waals surface area (Å²) in [7, 11) is 0. The van der Waals surface area contributed by atoms with Crippen molar-refractivity contribution in [1.29, 1.82) is 0 Å². The number of rotatable bonds is 3. The van der Waals surface area contributed by atoms with Gasteiger partial charge in [-0.3, -0.25) is 4.79 Å². The summed E-state index contributed by atoms with van der Waals surface area (Å²) in [5.41, 5.74) is 2.99. The Morgan fingerprint density at radius 1 is 1.17 bits per heavy atom. The van der Waals surface area contributed by atoms with E-state index in [0.29, 0.717) is 18.5 Å². The van der Waals surface area contributed by atoms with Crippen molar-refractivity contribution in [2.24, 2.45) is 0 Å². The van der Waals surface area contributed by atoms with Crippen LogP contribution in [0.5, 0.6) is 0 Å². The van der Waals surface area contributed by atoms with Crippen LogP contribution >= 0.6 is 0 Å². The summed E-state index contributed by atoms with van der Waals surface area (Å²) in [6, 6.07) is 9.63. The molecule has 1 aliphatic heterocycles. The SMILES string of the molecule is O=C1CCC(CNC2CCc3ccccc3C2)N1. The van der Waals surface area contributed by atoms with Gasteiger partial charge in [0.15, 0.2) is 0 Å². The molecular weight excluding hydrogens is 224 g/mol. The Bertz CT molecular complexity index is 444. The maximum atomic E-state index is 11.1. The van der Waals surface area contributed by atoms with E-state index in [9.17, 15) is 4.79 Å². The van der Waals surface area contributed by atoms with Crippen molar-refractivity contribution in [3.8, 4) is 0 Å². The molecule has 0 aromatic heterocycles. The Kier molecular flexibility index (Phi) is 3.33. The van der Waals surface area contributed by atoms with Gasteiger partial charge in [0.1, 0.15) is 0 Å². The predicted molar refractivity (Wildman–Crippen MR) is 71.4 cm³/mol. The van der Waals surface area contributed by atoms with Crippen molar-refractivity contribution in [3.05, 3.63) is 35.4 Å². The van der Waals surface area contributed by atoms with Crippen molar-refractivity contribution in [1.82, 2.24) is 10.6 Å². The second-order valence-electron chi connectivity index (χ2n) is 5.42. The van der Waals surface area contributed by atoms with Crippen LogP contribution in [0.4, 0.5) is 0 Å². The zero-order valence-electron chi connectivity index (χ0n) is 10.6. The predicted octanol–water partition coefficient (Wildman–Crippen LogP) is 1.41. The van der Waals surface area contributed by atoms with Gasteiger partial charge in [-0.25, -0.2) is 0 Å². The first kappa shape index (κ1) is 11.7. The first-order valence-electron chi connectivity index (χ1n) is 6.91. The van der Waals surface area contributed by atoms with Crippen LogP contribution in [0.3, 0.4) is 0 Å². The highest BCUT2D eigenvalue weighted by Crippen LogP contribution is 2.21. The quantitative estimate of drug-likeness (QED) is 0.844. The number of carbonyl (C=O) groups excluding carboxylic acids is 1. The standard InChI is InChI=1S/C15H20N2O/c18-15-8-7-14(17-15)10-16-13-6-5-11-3-1-2-4-12(11)9-13/h1-4,13-14,16H,5-10H2,(H,17,18). The number of hydrogen-bond acceptors (Lipinski definition) is 2. The molecule has 3 nitrogen and oxygen atoms in total. The van der Waals surface area contributed by atoms with Gasteiger partial charge in [0.25, 0.3) is 0 Å². The number of nitrogens with one attached hydrogen (secondary N) is 2. The molecule has 2 N–H and O–H groups in total. The molecule has 0 radical (unpaired) electrons. The van der Waals surface area contributed by atoms with Crippen molar-refractivity contribution in [3.63, 3.8) is 0 Å². The molecule has 3 rings (SSSR count). The van der Waals surface area contributed by atoms with E-state index in [-0.39, 0.29) is 5.91 Å². The number of carbonyl (C=O) groups is 1. The Balaban J connectivity index is 1.52. The molecule has 1 aromatic carbocycles. The van der Waals surface area contributed by atoms with E-state index >= 15 is 0 Å². The number of benzene rings is 1. The second kappa shape index (κ2) is 5.11. The number of hydrogen-bond donors (Lipinski definition) is 2. The summed E-state index contributed by atoms with van der Waals surface area (Å²) in [5, 5.41) is 6.62. The maximum absolute atomic E-state index is 11.1. The van der Waals surface area contributed by atoms with Gasteiger partial charge in [0.05, 0.1) is 0 Å². The van der Waals surface area contributed by atoms with Gasteiger partial charge in [-0.2, -0.15) is 0 Å². The van der Waals surface area contributed by atoms with Gasteiger partial charge < -0.3 is 10.6 Å². The van der Waals surface area contributed by atoms with Crippen LogP contribution in [0.15, 0.2) is 24.3 Å². The zero-order chi connectivity index (χ0) is 12.4. The highest BCUT2D eigenvalue weighted by Gasteiger charge is 2.23. The number of amides is 1. The molecule has 2 aliphatic rings. The van der Waals surface area contributed by atoms with Crippen LogP contribution < -0.4 is 10.6 Å². The fourth-order valence-electron chi connectivity index (χ4n) is 3.01. The summed E-state index contributed by atoms with van der Waals surface area (Å²) >= 11 is 0. The van der Waals surface area contributed by atoms with Crippen LogP contribution in [0, 0.1) is 0 Å². The maximum Gasteiger partial charge on any atom is 0.220 e.